The summed E-state index contributed by atoms with van der Waals surface area (Å²) in [5.74, 6) is -0.364. The number of hydrazine groups is 1. The zero-order valence-corrected chi connectivity index (χ0v) is 23.5. The van der Waals surface area contributed by atoms with E-state index >= 15 is 0 Å². The lowest BCUT2D eigenvalue weighted by atomic mass is 9.98. The van der Waals surface area contributed by atoms with Crippen LogP contribution in [0.3, 0.4) is 0 Å². The third-order valence-corrected chi connectivity index (χ3v) is 7.78. The van der Waals surface area contributed by atoms with Crippen molar-refractivity contribution in [1.29, 1.82) is 0 Å². The lowest BCUT2D eigenvalue weighted by Gasteiger charge is -2.55. The van der Waals surface area contributed by atoms with Gasteiger partial charge >= 0.3 is 6.03 Å². The van der Waals surface area contributed by atoms with Gasteiger partial charge in [-0.1, -0.05) is 62.0 Å². The summed E-state index contributed by atoms with van der Waals surface area (Å²) in [5.41, 5.74) is 3.95. The van der Waals surface area contributed by atoms with Gasteiger partial charge in [-0.3, -0.25) is 9.59 Å². The Morgan fingerprint density at radius 3 is 2.48 bits per heavy atom. The van der Waals surface area contributed by atoms with E-state index in [9.17, 15) is 19.5 Å². The van der Waals surface area contributed by atoms with Crippen molar-refractivity contribution in [2.45, 2.75) is 39.1 Å². The van der Waals surface area contributed by atoms with E-state index in [-0.39, 0.29) is 63.6 Å². The molecule has 4 amide bonds. The number of aromatic hydroxyl groups is 1. The van der Waals surface area contributed by atoms with Crippen molar-refractivity contribution in [3.8, 4) is 5.75 Å². The molecular weight excluding hydrogens is 560 g/mol. The number of carbonyl (C=O) groups is 3. The number of phenolic OH excluding ortho intramolecular Hbond substituents is 1. The van der Waals surface area contributed by atoms with Gasteiger partial charge in [0.1, 0.15) is 29.0 Å². The number of phenols is 1. The van der Waals surface area contributed by atoms with Gasteiger partial charge in [0.05, 0.1) is 13.1 Å². The van der Waals surface area contributed by atoms with Gasteiger partial charge in [-0.2, -0.15) is 15.4 Å². The van der Waals surface area contributed by atoms with Gasteiger partial charge in [0.2, 0.25) is 11.8 Å². The molecule has 3 aromatic carbocycles. The summed E-state index contributed by atoms with van der Waals surface area (Å²) >= 11 is 0. The van der Waals surface area contributed by atoms with Gasteiger partial charge in [-0.15, -0.1) is 6.58 Å². The van der Waals surface area contributed by atoms with Crippen molar-refractivity contribution in [1.82, 2.24) is 40.5 Å². The first kappa shape index (κ1) is 30.2. The third-order valence-electron chi connectivity index (χ3n) is 7.78. The first-order valence-electron chi connectivity index (χ1n) is 14.1. The van der Waals surface area contributed by atoms with Crippen LogP contribution >= 0.6 is 0 Å². The number of piperazine rings is 1. The lowest BCUT2D eigenvalue weighted by molar-refractivity contribution is -0.189. The molecule has 2 atom stereocenters. The molecule has 0 bridgehead atoms. The van der Waals surface area contributed by atoms with E-state index in [0.717, 1.165) is 16.7 Å². The molecule has 1 aromatic heterocycles. The van der Waals surface area contributed by atoms with E-state index in [2.05, 4.69) is 27.3 Å². The van der Waals surface area contributed by atoms with Crippen molar-refractivity contribution in [2.24, 2.45) is 0 Å². The molecule has 3 N–H and O–H groups in total. The lowest BCUT2D eigenvalue weighted by Crippen LogP contribution is -2.76. The second-order valence-corrected chi connectivity index (χ2v) is 10.7. The van der Waals surface area contributed by atoms with Crippen molar-refractivity contribution in [3.05, 3.63) is 102 Å². The molecule has 0 aliphatic carbocycles. The fourth-order valence-electron chi connectivity index (χ4n) is 5.76. The predicted octanol–water partition coefficient (Wildman–Crippen LogP) is 3.04. The first-order valence-corrected chi connectivity index (χ1v) is 14.1. The molecule has 12 heteroatoms. The molecule has 6 rings (SSSR count). The summed E-state index contributed by atoms with van der Waals surface area (Å²) in [4.78, 5) is 44.9. The smallest absolute Gasteiger partial charge is 0.334 e. The van der Waals surface area contributed by atoms with Crippen LogP contribution in [0.15, 0.2) is 85.5 Å². The molecule has 44 heavy (non-hydrogen) atoms. The number of aromatic amines is 1. The Morgan fingerprint density at radius 2 is 1.73 bits per heavy atom. The molecular formula is C32H36N8O4. The molecule has 4 aromatic rings. The first-order chi connectivity index (χ1) is 20.9. The fourth-order valence-corrected chi connectivity index (χ4v) is 5.76. The SMILES string of the molecule is C.C=CCN1CC(=O)N2[C@@H](Cc3ccc(O)cc3)C(=O)N(Cc3ccc4n[nH]nc4c3)C[C@@H]2N1C(=O)NCc1ccccc1. The Balaban J connectivity index is 0.00000384. The Labute approximate surface area is 255 Å². The number of hydrogen-bond donors (Lipinski definition) is 3. The number of aromatic nitrogens is 3. The Kier molecular flexibility index (Phi) is 8.91. The number of nitrogens with zero attached hydrogens (tertiary/aromatic N) is 6. The highest BCUT2D eigenvalue weighted by Crippen LogP contribution is 2.30. The second kappa shape index (κ2) is 13.0. The van der Waals surface area contributed by atoms with Gasteiger partial charge in [-0.05, 0) is 41.0 Å². The second-order valence-electron chi connectivity index (χ2n) is 10.7. The standard InChI is InChI=1S/C31H32N8O4.CH4/c1-2-14-37-20-29(41)38-27(16-21-8-11-24(40)12-9-21)30(42)36(18-23-10-13-25-26(15-23)34-35-33-25)19-28(38)39(37)31(43)32-17-22-6-4-3-5-7-22;/h2-13,15,27-28,40H,1,14,16-20H2,(H,32,43)(H,33,34,35);1H4/t27-,28-;/m0./s1. The molecule has 2 saturated heterocycles. The molecule has 0 radical (unpaired) electrons. The average molecular weight is 597 g/mol. The summed E-state index contributed by atoms with van der Waals surface area (Å²) in [6, 6.07) is 20.5. The number of benzene rings is 3. The maximum absolute atomic E-state index is 14.1. The zero-order chi connectivity index (χ0) is 29.9. The molecule has 2 aliphatic rings. The maximum Gasteiger partial charge on any atom is 0.334 e. The monoisotopic (exact) mass is 596 g/mol. The van der Waals surface area contributed by atoms with Crippen molar-refractivity contribution < 1.29 is 19.5 Å². The normalized spacial score (nSPS) is 18.6. The largest absolute Gasteiger partial charge is 0.508 e. The summed E-state index contributed by atoms with van der Waals surface area (Å²) in [6.45, 7) is 4.69. The van der Waals surface area contributed by atoms with Crippen LogP contribution in [-0.4, -0.2) is 90.0 Å². The minimum atomic E-state index is -0.859. The van der Waals surface area contributed by atoms with Crippen LogP contribution in [0.1, 0.15) is 24.1 Å². The molecule has 228 valence electrons. The summed E-state index contributed by atoms with van der Waals surface area (Å²) in [6.07, 6.45) is 1.11. The van der Waals surface area contributed by atoms with E-state index in [1.165, 1.54) is 0 Å². The Bertz CT molecular complexity index is 1640. The average Bonchev–Trinajstić information content (AvgIpc) is 3.48. The molecule has 0 saturated carbocycles. The van der Waals surface area contributed by atoms with Crippen LogP contribution in [0, 0.1) is 0 Å². The van der Waals surface area contributed by atoms with Crippen LogP contribution in [-0.2, 0) is 29.1 Å². The zero-order valence-electron chi connectivity index (χ0n) is 23.5. The molecule has 2 aliphatic heterocycles. The molecule has 12 nitrogen and oxygen atoms in total. The van der Waals surface area contributed by atoms with Crippen LogP contribution < -0.4 is 5.32 Å². The minimum Gasteiger partial charge on any atom is -0.508 e. The predicted molar refractivity (Wildman–Crippen MR) is 165 cm³/mol. The Morgan fingerprint density at radius 1 is 1.00 bits per heavy atom. The number of fused-ring (bicyclic) bond motifs is 2. The summed E-state index contributed by atoms with van der Waals surface area (Å²) in [7, 11) is 0. The van der Waals surface area contributed by atoms with E-state index in [4.69, 9.17) is 0 Å². The molecule has 0 unspecified atom stereocenters. The highest BCUT2D eigenvalue weighted by molar-refractivity contribution is 5.92. The van der Waals surface area contributed by atoms with Gasteiger partial charge in [0.15, 0.2) is 0 Å². The minimum absolute atomic E-state index is 0. The summed E-state index contributed by atoms with van der Waals surface area (Å²) in [5, 5.41) is 26.9. The van der Waals surface area contributed by atoms with E-state index in [1.807, 2.05) is 48.5 Å². The van der Waals surface area contributed by atoms with Crippen LogP contribution in [0.25, 0.3) is 11.0 Å². The topological polar surface area (TPSA) is 138 Å². The third kappa shape index (κ3) is 6.11. The fraction of sp³-hybridized carbons (Fsp3) is 0.281. The number of nitrogens with one attached hydrogen (secondary N) is 2. The van der Waals surface area contributed by atoms with Crippen LogP contribution in [0.5, 0.6) is 5.75 Å². The highest BCUT2D eigenvalue weighted by Gasteiger charge is 2.51. The van der Waals surface area contributed by atoms with Gasteiger partial charge in [0, 0.05) is 26.1 Å². The van der Waals surface area contributed by atoms with E-state index in [1.54, 1.807) is 50.2 Å². The highest BCUT2D eigenvalue weighted by atomic mass is 16.3. The molecule has 2 fully saturated rings. The van der Waals surface area contributed by atoms with Crippen molar-refractivity contribution in [2.75, 3.05) is 19.6 Å². The van der Waals surface area contributed by atoms with Crippen molar-refractivity contribution >= 4 is 28.9 Å². The number of amides is 4. The van der Waals surface area contributed by atoms with Gasteiger partial charge in [0.25, 0.3) is 0 Å². The maximum atomic E-state index is 14.1. The van der Waals surface area contributed by atoms with E-state index in [0.29, 0.717) is 17.6 Å². The van der Waals surface area contributed by atoms with Crippen LogP contribution in [0.4, 0.5) is 4.79 Å². The van der Waals surface area contributed by atoms with Gasteiger partial charge in [-0.25, -0.2) is 14.8 Å². The number of urea groups is 1. The van der Waals surface area contributed by atoms with E-state index < -0.39 is 12.2 Å². The number of hydrogen-bond acceptors (Lipinski definition) is 7. The van der Waals surface area contributed by atoms with Gasteiger partial charge < -0.3 is 20.2 Å². The number of rotatable bonds is 8. The molecule has 3 heterocycles. The Hall–Kier alpha value is -5.23. The van der Waals surface area contributed by atoms with Crippen LogP contribution in [0.2, 0.25) is 0 Å². The quantitative estimate of drug-likeness (QED) is 0.266. The number of H-pyrrole nitrogens is 1. The van der Waals surface area contributed by atoms with Crippen molar-refractivity contribution in [3.63, 3.8) is 0 Å². The summed E-state index contributed by atoms with van der Waals surface area (Å²) < 4.78 is 0. The number of carbonyl (C=O) groups excluding carboxylic acids is 3. The molecule has 0 spiro atoms.